The Morgan fingerprint density at radius 2 is 1.53 bits per heavy atom. The van der Waals surface area contributed by atoms with Gasteiger partial charge in [0.2, 0.25) is 5.75 Å². The Kier molecular flexibility index (Phi) is 6.21. The number of nitrogens with zero attached hydrogens (tertiary/aromatic N) is 1. The summed E-state index contributed by atoms with van der Waals surface area (Å²) >= 11 is 0. The van der Waals surface area contributed by atoms with E-state index in [1.165, 1.54) is 0 Å². The number of methoxy groups -OCH3 is 3. The van der Waals surface area contributed by atoms with Crippen LogP contribution in [-0.4, -0.2) is 33.3 Å². The molecule has 0 aliphatic carbocycles. The van der Waals surface area contributed by atoms with Gasteiger partial charge < -0.3 is 24.4 Å². The Morgan fingerprint density at radius 1 is 0.906 bits per heavy atom. The lowest BCUT2D eigenvalue weighted by Crippen LogP contribution is -2.44. The van der Waals surface area contributed by atoms with Crippen LogP contribution < -0.4 is 24.4 Å². The number of hydrogen-bond donors (Lipinski definition) is 1. The third-order valence-corrected chi connectivity index (χ3v) is 5.83. The normalized spacial score (nSPS) is 17.3. The zero-order chi connectivity index (χ0) is 22.7. The maximum atomic E-state index is 13.7. The van der Waals surface area contributed by atoms with Crippen molar-refractivity contribution in [1.29, 1.82) is 0 Å². The Balaban J connectivity index is 1.72. The number of carbonyl (C=O) groups excluding carboxylic acids is 1. The summed E-state index contributed by atoms with van der Waals surface area (Å²) in [5, 5.41) is 3.62. The fourth-order valence-electron chi connectivity index (χ4n) is 4.34. The van der Waals surface area contributed by atoms with Gasteiger partial charge in [-0.2, -0.15) is 0 Å². The van der Waals surface area contributed by atoms with Gasteiger partial charge in [-0.15, -0.1) is 0 Å². The summed E-state index contributed by atoms with van der Waals surface area (Å²) in [4.78, 5) is 15.6. The topological polar surface area (TPSA) is 60.0 Å². The molecule has 6 nitrogen and oxygen atoms in total. The number of ether oxygens (including phenoxy) is 3. The molecule has 3 aromatic rings. The fourth-order valence-corrected chi connectivity index (χ4v) is 4.34. The van der Waals surface area contributed by atoms with Gasteiger partial charge in [0.15, 0.2) is 11.5 Å². The van der Waals surface area contributed by atoms with E-state index in [0.29, 0.717) is 22.8 Å². The molecule has 32 heavy (non-hydrogen) atoms. The standard InChI is InChI=1S/C26H28N2O4/c1-17-14-21(27-19-10-6-5-7-11-19)20-12-8-9-13-22(20)28(17)26(29)18-15-23(30-2)25(32-4)24(16-18)31-3/h5-13,15-17,21,27H,14H2,1-4H3/t17-,21+/m1/s1. The van der Waals surface area contributed by atoms with Gasteiger partial charge in [0.05, 0.1) is 27.4 Å². The first-order valence-electron chi connectivity index (χ1n) is 10.6. The van der Waals surface area contributed by atoms with Crippen LogP contribution in [0.3, 0.4) is 0 Å². The molecule has 0 bridgehead atoms. The summed E-state index contributed by atoms with van der Waals surface area (Å²) in [5.74, 6) is 1.27. The predicted molar refractivity (Wildman–Crippen MR) is 126 cm³/mol. The number of anilines is 2. The van der Waals surface area contributed by atoms with Gasteiger partial charge in [0.1, 0.15) is 0 Å². The molecule has 0 spiro atoms. The van der Waals surface area contributed by atoms with E-state index in [4.69, 9.17) is 14.2 Å². The van der Waals surface area contributed by atoms with E-state index in [2.05, 4.69) is 30.4 Å². The number of fused-ring (bicyclic) bond motifs is 1. The predicted octanol–water partition coefficient (Wildman–Crippen LogP) is 5.30. The minimum atomic E-state index is -0.109. The quantitative estimate of drug-likeness (QED) is 0.572. The molecule has 1 heterocycles. The zero-order valence-electron chi connectivity index (χ0n) is 18.8. The van der Waals surface area contributed by atoms with Crippen molar-refractivity contribution in [2.24, 2.45) is 0 Å². The van der Waals surface area contributed by atoms with Crippen LogP contribution in [0.1, 0.15) is 35.3 Å². The highest BCUT2D eigenvalue weighted by atomic mass is 16.5. The van der Waals surface area contributed by atoms with Crippen LogP contribution in [0.4, 0.5) is 11.4 Å². The fraction of sp³-hybridized carbons (Fsp3) is 0.269. The second-order valence-electron chi connectivity index (χ2n) is 7.80. The van der Waals surface area contributed by atoms with E-state index in [1.54, 1.807) is 33.5 Å². The van der Waals surface area contributed by atoms with E-state index in [9.17, 15) is 4.79 Å². The molecule has 0 fully saturated rings. The summed E-state index contributed by atoms with van der Waals surface area (Å²) in [6.07, 6.45) is 0.780. The van der Waals surface area contributed by atoms with Crippen LogP contribution in [-0.2, 0) is 0 Å². The van der Waals surface area contributed by atoms with Gasteiger partial charge >= 0.3 is 0 Å². The SMILES string of the molecule is COc1cc(C(=O)N2c3ccccc3[C@@H](Nc3ccccc3)C[C@H]2C)cc(OC)c1OC. The number of rotatable bonds is 6. The molecule has 0 aromatic heterocycles. The number of nitrogens with one attached hydrogen (secondary N) is 1. The van der Waals surface area contributed by atoms with Crippen molar-refractivity contribution in [1.82, 2.24) is 0 Å². The van der Waals surface area contributed by atoms with Gasteiger partial charge in [0, 0.05) is 23.0 Å². The monoisotopic (exact) mass is 432 g/mol. The van der Waals surface area contributed by atoms with Gasteiger partial charge in [0.25, 0.3) is 5.91 Å². The van der Waals surface area contributed by atoms with Crippen molar-refractivity contribution in [2.45, 2.75) is 25.4 Å². The van der Waals surface area contributed by atoms with Crippen molar-refractivity contribution < 1.29 is 19.0 Å². The second-order valence-corrected chi connectivity index (χ2v) is 7.80. The van der Waals surface area contributed by atoms with Crippen LogP contribution in [0.5, 0.6) is 17.2 Å². The van der Waals surface area contributed by atoms with Crippen LogP contribution in [0.15, 0.2) is 66.7 Å². The van der Waals surface area contributed by atoms with Crippen LogP contribution in [0.25, 0.3) is 0 Å². The van der Waals surface area contributed by atoms with E-state index in [0.717, 1.165) is 23.4 Å². The number of hydrogen-bond acceptors (Lipinski definition) is 5. The van der Waals surface area contributed by atoms with Crippen molar-refractivity contribution in [3.05, 3.63) is 77.9 Å². The minimum absolute atomic E-state index is 0.0160. The molecule has 1 aliphatic heterocycles. The molecule has 0 radical (unpaired) electrons. The van der Waals surface area contributed by atoms with Gasteiger partial charge in [-0.1, -0.05) is 36.4 Å². The molecule has 0 unspecified atom stereocenters. The lowest BCUT2D eigenvalue weighted by Gasteiger charge is -2.40. The molecule has 1 aliphatic rings. The maximum Gasteiger partial charge on any atom is 0.258 e. The Bertz CT molecular complexity index is 1070. The lowest BCUT2D eigenvalue weighted by molar-refractivity contribution is 0.0973. The number of benzene rings is 3. The van der Waals surface area contributed by atoms with Gasteiger partial charge in [-0.3, -0.25) is 4.79 Å². The lowest BCUT2D eigenvalue weighted by atomic mass is 9.90. The average molecular weight is 433 g/mol. The van der Waals surface area contributed by atoms with Crippen LogP contribution >= 0.6 is 0 Å². The Morgan fingerprint density at radius 3 is 2.16 bits per heavy atom. The minimum Gasteiger partial charge on any atom is -0.493 e. The second kappa shape index (κ2) is 9.22. The van der Waals surface area contributed by atoms with E-state index >= 15 is 0 Å². The van der Waals surface area contributed by atoms with Crippen molar-refractivity contribution >= 4 is 17.3 Å². The maximum absolute atomic E-state index is 13.7. The largest absolute Gasteiger partial charge is 0.493 e. The number of amides is 1. The molecule has 1 amide bonds. The van der Waals surface area contributed by atoms with Gasteiger partial charge in [-0.05, 0) is 49.2 Å². The smallest absolute Gasteiger partial charge is 0.258 e. The summed E-state index contributed by atoms with van der Waals surface area (Å²) in [7, 11) is 4.64. The highest BCUT2D eigenvalue weighted by Gasteiger charge is 2.34. The molecule has 4 rings (SSSR count). The third kappa shape index (κ3) is 3.96. The molecule has 2 atom stereocenters. The molecular weight excluding hydrogens is 404 g/mol. The summed E-state index contributed by atoms with van der Waals surface area (Å²) in [5.41, 5.74) is 3.54. The molecular formula is C26H28N2O4. The molecule has 0 saturated carbocycles. The van der Waals surface area contributed by atoms with Crippen molar-refractivity contribution in [2.75, 3.05) is 31.5 Å². The molecule has 3 aromatic carbocycles. The first kappa shape index (κ1) is 21.6. The van der Waals surface area contributed by atoms with Gasteiger partial charge in [-0.25, -0.2) is 0 Å². The summed E-state index contributed by atoms with van der Waals surface area (Å²) in [6, 6.07) is 21.7. The van der Waals surface area contributed by atoms with E-state index in [-0.39, 0.29) is 18.0 Å². The van der Waals surface area contributed by atoms with Crippen LogP contribution in [0.2, 0.25) is 0 Å². The first-order valence-corrected chi connectivity index (χ1v) is 10.6. The summed E-state index contributed by atoms with van der Waals surface area (Å²) < 4.78 is 16.3. The molecule has 6 heteroatoms. The zero-order valence-corrected chi connectivity index (χ0v) is 18.8. The highest BCUT2D eigenvalue weighted by molar-refractivity contribution is 6.08. The highest BCUT2D eigenvalue weighted by Crippen LogP contribution is 2.42. The Labute approximate surface area is 188 Å². The summed E-state index contributed by atoms with van der Waals surface area (Å²) in [6.45, 7) is 2.07. The number of carbonyl (C=O) groups is 1. The Hall–Kier alpha value is -3.67. The van der Waals surface area contributed by atoms with E-state index in [1.807, 2.05) is 41.3 Å². The molecule has 166 valence electrons. The third-order valence-electron chi connectivity index (χ3n) is 5.83. The van der Waals surface area contributed by atoms with E-state index < -0.39 is 0 Å². The molecule has 1 N–H and O–H groups in total. The molecule has 0 saturated heterocycles. The van der Waals surface area contributed by atoms with Crippen molar-refractivity contribution in [3.63, 3.8) is 0 Å². The van der Waals surface area contributed by atoms with Crippen LogP contribution in [0, 0.1) is 0 Å². The number of para-hydroxylation sites is 2. The average Bonchev–Trinajstić information content (AvgIpc) is 2.83. The van der Waals surface area contributed by atoms with Crippen molar-refractivity contribution in [3.8, 4) is 17.2 Å². The first-order chi connectivity index (χ1) is 15.6.